The number of piperazine rings is 1. The highest BCUT2D eigenvalue weighted by atomic mass is 19.4. The van der Waals surface area contributed by atoms with Gasteiger partial charge in [-0.15, -0.1) is 0 Å². The molecule has 0 N–H and O–H groups in total. The molecule has 2 aromatic heterocycles. The largest absolute Gasteiger partial charge is 0.451 e. The molecule has 0 amide bonds. The number of hydrogen-bond donors (Lipinski definition) is 0. The standard InChI is InChI=1S/C19H15F3N6/c20-19(21,22)18-25-15-4-2-1-3-14(15)17(26-18)28-9-7-27(8-10-28)16-11-13(12-23)5-6-24-16/h1-6,11H,7-10H2. The molecule has 0 unspecified atom stereocenters. The summed E-state index contributed by atoms with van der Waals surface area (Å²) in [7, 11) is 0. The molecule has 0 bridgehead atoms. The molecule has 4 rings (SSSR count). The van der Waals surface area contributed by atoms with Gasteiger partial charge in [-0.05, 0) is 24.3 Å². The summed E-state index contributed by atoms with van der Waals surface area (Å²) in [6.45, 7) is 2.08. The Morgan fingerprint density at radius 3 is 2.39 bits per heavy atom. The average Bonchev–Trinajstić information content (AvgIpc) is 2.72. The Kier molecular flexibility index (Phi) is 4.47. The van der Waals surface area contributed by atoms with Gasteiger partial charge in [0.05, 0.1) is 17.1 Å². The van der Waals surface area contributed by atoms with Crippen LogP contribution in [0.15, 0.2) is 42.6 Å². The van der Waals surface area contributed by atoms with Crippen LogP contribution < -0.4 is 9.80 Å². The molecule has 28 heavy (non-hydrogen) atoms. The Bertz CT molecular complexity index is 1050. The summed E-state index contributed by atoms with van der Waals surface area (Å²) in [5.74, 6) is -0.162. The van der Waals surface area contributed by atoms with E-state index in [0.29, 0.717) is 42.9 Å². The number of para-hydroxylation sites is 1. The average molecular weight is 384 g/mol. The molecule has 6 nitrogen and oxygen atoms in total. The van der Waals surface area contributed by atoms with Crippen molar-refractivity contribution in [2.75, 3.05) is 36.0 Å². The first-order chi connectivity index (χ1) is 13.5. The first kappa shape index (κ1) is 18.0. The maximum Gasteiger partial charge on any atom is 0.451 e. The second-order valence-electron chi connectivity index (χ2n) is 6.37. The molecule has 0 saturated carbocycles. The van der Waals surface area contributed by atoms with Gasteiger partial charge >= 0.3 is 6.18 Å². The third kappa shape index (κ3) is 3.41. The van der Waals surface area contributed by atoms with E-state index in [1.807, 2.05) is 9.80 Å². The van der Waals surface area contributed by atoms with E-state index in [2.05, 4.69) is 21.0 Å². The number of alkyl halides is 3. The van der Waals surface area contributed by atoms with E-state index >= 15 is 0 Å². The number of anilines is 2. The van der Waals surface area contributed by atoms with Crippen LogP contribution in [0.5, 0.6) is 0 Å². The summed E-state index contributed by atoms with van der Waals surface area (Å²) < 4.78 is 39.7. The van der Waals surface area contributed by atoms with Crippen LogP contribution in [0.2, 0.25) is 0 Å². The molecule has 0 radical (unpaired) electrons. The summed E-state index contributed by atoms with van der Waals surface area (Å²) in [6, 6.07) is 12.1. The first-order valence-corrected chi connectivity index (χ1v) is 8.66. The molecule has 9 heteroatoms. The van der Waals surface area contributed by atoms with Gasteiger partial charge < -0.3 is 9.80 Å². The molecule has 3 heterocycles. The van der Waals surface area contributed by atoms with Crippen molar-refractivity contribution < 1.29 is 13.2 Å². The van der Waals surface area contributed by atoms with Gasteiger partial charge in [0.2, 0.25) is 5.82 Å². The highest BCUT2D eigenvalue weighted by molar-refractivity contribution is 5.89. The van der Waals surface area contributed by atoms with Gasteiger partial charge in [0.25, 0.3) is 0 Å². The maximum absolute atomic E-state index is 13.2. The predicted octanol–water partition coefficient (Wildman–Crippen LogP) is 3.24. The maximum atomic E-state index is 13.2. The molecule has 0 spiro atoms. The third-order valence-corrected chi connectivity index (χ3v) is 4.61. The molecule has 3 aromatic rings. The minimum absolute atomic E-state index is 0.269. The third-order valence-electron chi connectivity index (χ3n) is 4.61. The number of nitrogens with zero attached hydrogens (tertiary/aromatic N) is 6. The lowest BCUT2D eigenvalue weighted by Gasteiger charge is -2.36. The van der Waals surface area contributed by atoms with Crippen LogP contribution in [-0.2, 0) is 6.18 Å². The second kappa shape index (κ2) is 6.96. The van der Waals surface area contributed by atoms with E-state index in [1.54, 1.807) is 42.6 Å². The summed E-state index contributed by atoms with van der Waals surface area (Å²) >= 11 is 0. The topological polar surface area (TPSA) is 68.9 Å². The number of pyridine rings is 1. The molecule has 1 fully saturated rings. The first-order valence-electron chi connectivity index (χ1n) is 8.66. The van der Waals surface area contributed by atoms with Crippen LogP contribution in [0, 0.1) is 11.3 Å². The van der Waals surface area contributed by atoms with E-state index in [-0.39, 0.29) is 11.3 Å². The van der Waals surface area contributed by atoms with Crippen molar-refractivity contribution in [1.29, 1.82) is 5.26 Å². The second-order valence-corrected chi connectivity index (χ2v) is 6.37. The van der Waals surface area contributed by atoms with Crippen LogP contribution in [0.4, 0.5) is 24.8 Å². The Labute approximate surface area is 158 Å². The fraction of sp³-hybridized carbons (Fsp3) is 0.263. The summed E-state index contributed by atoms with van der Waals surface area (Å²) in [4.78, 5) is 15.6. The SMILES string of the molecule is N#Cc1ccnc(N2CCN(c3nc(C(F)(F)F)nc4ccccc34)CC2)c1. The van der Waals surface area contributed by atoms with Crippen molar-refractivity contribution in [3.63, 3.8) is 0 Å². The molecule has 142 valence electrons. The lowest BCUT2D eigenvalue weighted by molar-refractivity contribution is -0.144. The van der Waals surface area contributed by atoms with E-state index in [0.717, 1.165) is 0 Å². The van der Waals surface area contributed by atoms with Gasteiger partial charge in [-0.1, -0.05) is 12.1 Å². The number of aromatic nitrogens is 3. The predicted molar refractivity (Wildman–Crippen MR) is 97.9 cm³/mol. The van der Waals surface area contributed by atoms with Crippen molar-refractivity contribution in [1.82, 2.24) is 15.0 Å². The zero-order valence-corrected chi connectivity index (χ0v) is 14.7. The normalized spacial score (nSPS) is 14.9. The molecule has 1 aromatic carbocycles. The summed E-state index contributed by atoms with van der Waals surface area (Å²) in [5, 5.41) is 9.62. The minimum atomic E-state index is -4.61. The number of benzene rings is 1. The van der Waals surface area contributed by atoms with Crippen molar-refractivity contribution in [2.45, 2.75) is 6.18 Å². The molecule has 0 aliphatic carbocycles. The monoisotopic (exact) mass is 384 g/mol. The number of hydrogen-bond acceptors (Lipinski definition) is 6. The molecular weight excluding hydrogens is 369 g/mol. The molecule has 0 atom stereocenters. The molecule has 1 aliphatic rings. The molecule has 1 aliphatic heterocycles. The van der Waals surface area contributed by atoms with Gasteiger partial charge in [0, 0.05) is 37.8 Å². The highest BCUT2D eigenvalue weighted by Crippen LogP contribution is 2.32. The summed E-state index contributed by atoms with van der Waals surface area (Å²) in [5.41, 5.74) is 0.787. The molecule has 1 saturated heterocycles. The zero-order chi connectivity index (χ0) is 19.7. The van der Waals surface area contributed by atoms with Crippen LogP contribution in [0.3, 0.4) is 0 Å². The number of fused-ring (bicyclic) bond motifs is 1. The zero-order valence-electron chi connectivity index (χ0n) is 14.7. The van der Waals surface area contributed by atoms with Crippen LogP contribution in [-0.4, -0.2) is 41.1 Å². The minimum Gasteiger partial charge on any atom is -0.353 e. The van der Waals surface area contributed by atoms with Crippen LogP contribution >= 0.6 is 0 Å². The van der Waals surface area contributed by atoms with Gasteiger partial charge in [-0.25, -0.2) is 15.0 Å². The van der Waals surface area contributed by atoms with Gasteiger partial charge in [-0.3, -0.25) is 0 Å². The smallest absolute Gasteiger partial charge is 0.353 e. The van der Waals surface area contributed by atoms with E-state index in [1.165, 1.54) is 0 Å². The van der Waals surface area contributed by atoms with Crippen molar-refractivity contribution in [2.24, 2.45) is 0 Å². The highest BCUT2D eigenvalue weighted by Gasteiger charge is 2.36. The lowest BCUT2D eigenvalue weighted by atomic mass is 10.2. The Morgan fingerprint density at radius 2 is 1.68 bits per heavy atom. The van der Waals surface area contributed by atoms with Crippen LogP contribution in [0.25, 0.3) is 10.9 Å². The quantitative estimate of drug-likeness (QED) is 0.676. The summed E-state index contributed by atoms with van der Waals surface area (Å²) in [6.07, 6.45) is -3.03. The lowest BCUT2D eigenvalue weighted by Crippen LogP contribution is -2.47. The number of halogens is 3. The Hall–Kier alpha value is -3.41. The van der Waals surface area contributed by atoms with Gasteiger partial charge in [0.15, 0.2) is 0 Å². The number of rotatable bonds is 2. The van der Waals surface area contributed by atoms with Crippen LogP contribution in [0.1, 0.15) is 11.4 Å². The Balaban J connectivity index is 1.62. The van der Waals surface area contributed by atoms with E-state index in [4.69, 9.17) is 5.26 Å². The number of nitriles is 1. The van der Waals surface area contributed by atoms with E-state index < -0.39 is 12.0 Å². The van der Waals surface area contributed by atoms with Gasteiger partial charge in [0.1, 0.15) is 11.6 Å². The Morgan fingerprint density at radius 1 is 0.964 bits per heavy atom. The fourth-order valence-corrected chi connectivity index (χ4v) is 3.24. The van der Waals surface area contributed by atoms with Crippen molar-refractivity contribution in [3.05, 3.63) is 54.0 Å². The fourth-order valence-electron chi connectivity index (χ4n) is 3.24. The molecular formula is C19H15F3N6. The van der Waals surface area contributed by atoms with E-state index in [9.17, 15) is 13.2 Å². The van der Waals surface area contributed by atoms with Gasteiger partial charge in [-0.2, -0.15) is 18.4 Å². The van der Waals surface area contributed by atoms with Crippen molar-refractivity contribution in [3.8, 4) is 6.07 Å². The van der Waals surface area contributed by atoms with Crippen molar-refractivity contribution >= 4 is 22.5 Å².